The molecule has 1 aromatic carbocycles. The van der Waals surface area contributed by atoms with E-state index in [1.54, 1.807) is 19.5 Å². The molecule has 1 aromatic heterocycles. The molecular weight excluding hydrogens is 278 g/mol. The van der Waals surface area contributed by atoms with Crippen LogP contribution in [0.3, 0.4) is 0 Å². The average molecular weight is 299 g/mol. The van der Waals surface area contributed by atoms with Crippen molar-refractivity contribution in [1.29, 1.82) is 0 Å². The number of hydrogen-bond acceptors (Lipinski definition) is 5. The lowest BCUT2D eigenvalue weighted by Crippen LogP contribution is -2.20. The molecule has 0 spiro atoms. The smallest absolute Gasteiger partial charge is 0.155 e. The molecular formula is C17H21N3O2. The van der Waals surface area contributed by atoms with E-state index in [0.717, 1.165) is 35.9 Å². The predicted octanol–water partition coefficient (Wildman–Crippen LogP) is 2.77. The Morgan fingerprint density at radius 1 is 1.00 bits per heavy atom. The number of aromatic nitrogens is 2. The summed E-state index contributed by atoms with van der Waals surface area (Å²) in [7, 11) is 1.67. The topological polar surface area (TPSA) is 47.5 Å². The number of nitrogens with zero attached hydrogens (tertiary/aromatic N) is 3. The van der Waals surface area contributed by atoms with Crippen LogP contribution in [0.1, 0.15) is 12.8 Å². The molecule has 5 heteroatoms. The van der Waals surface area contributed by atoms with Crippen LogP contribution in [0.5, 0.6) is 5.75 Å². The Kier molecular flexibility index (Phi) is 4.85. The molecule has 22 heavy (non-hydrogen) atoms. The first kappa shape index (κ1) is 14.8. The number of rotatable bonds is 6. The van der Waals surface area contributed by atoms with Crippen LogP contribution in [0.4, 0.5) is 5.82 Å². The minimum Gasteiger partial charge on any atom is -0.491 e. The van der Waals surface area contributed by atoms with Crippen LogP contribution < -0.4 is 9.64 Å². The third-order valence-electron chi connectivity index (χ3n) is 3.77. The highest BCUT2D eigenvalue weighted by Gasteiger charge is 2.18. The van der Waals surface area contributed by atoms with Crippen LogP contribution in [0, 0.1) is 0 Å². The van der Waals surface area contributed by atoms with Gasteiger partial charge in [0.2, 0.25) is 0 Å². The van der Waals surface area contributed by atoms with E-state index >= 15 is 0 Å². The maximum Gasteiger partial charge on any atom is 0.155 e. The second-order valence-corrected chi connectivity index (χ2v) is 5.29. The molecule has 1 fully saturated rings. The molecule has 5 nitrogen and oxygen atoms in total. The number of benzene rings is 1. The zero-order valence-electron chi connectivity index (χ0n) is 12.9. The molecule has 0 aliphatic carbocycles. The van der Waals surface area contributed by atoms with Crippen molar-refractivity contribution in [2.45, 2.75) is 12.8 Å². The van der Waals surface area contributed by atoms with E-state index in [1.807, 2.05) is 24.3 Å². The second kappa shape index (κ2) is 7.22. The van der Waals surface area contributed by atoms with Crippen LogP contribution in [-0.2, 0) is 4.74 Å². The molecule has 0 amide bonds. The van der Waals surface area contributed by atoms with Gasteiger partial charge < -0.3 is 14.4 Å². The molecule has 3 rings (SSSR count). The third-order valence-corrected chi connectivity index (χ3v) is 3.77. The Labute approximate surface area is 130 Å². The molecule has 0 saturated carbocycles. The van der Waals surface area contributed by atoms with Crippen LogP contribution >= 0.6 is 0 Å². The van der Waals surface area contributed by atoms with Crippen LogP contribution in [0.2, 0.25) is 0 Å². The van der Waals surface area contributed by atoms with Crippen LogP contribution in [0.25, 0.3) is 11.3 Å². The molecule has 2 heterocycles. The third kappa shape index (κ3) is 3.36. The van der Waals surface area contributed by atoms with Crippen molar-refractivity contribution in [2.24, 2.45) is 0 Å². The minimum absolute atomic E-state index is 0.556. The average Bonchev–Trinajstić information content (AvgIpc) is 3.10. The Morgan fingerprint density at radius 3 is 2.45 bits per heavy atom. The number of anilines is 1. The molecule has 2 aromatic rings. The summed E-state index contributed by atoms with van der Waals surface area (Å²) in [5.41, 5.74) is 2.00. The summed E-state index contributed by atoms with van der Waals surface area (Å²) in [6.07, 6.45) is 5.96. The van der Waals surface area contributed by atoms with E-state index in [4.69, 9.17) is 9.47 Å². The standard InChI is InChI=1S/C17H21N3O2/c1-21-12-13-22-15-6-4-14(5-7-15)16-17(19-9-8-18-16)20-10-2-3-11-20/h4-9H,2-3,10-13H2,1H3. The second-order valence-electron chi connectivity index (χ2n) is 5.29. The highest BCUT2D eigenvalue weighted by atomic mass is 16.5. The van der Waals surface area contributed by atoms with Crippen molar-refractivity contribution in [3.63, 3.8) is 0 Å². The minimum atomic E-state index is 0.556. The van der Waals surface area contributed by atoms with Crippen LogP contribution in [-0.4, -0.2) is 43.4 Å². The van der Waals surface area contributed by atoms with Crippen molar-refractivity contribution in [3.8, 4) is 17.0 Å². The first-order valence-electron chi connectivity index (χ1n) is 7.66. The maximum absolute atomic E-state index is 5.60. The normalized spacial score (nSPS) is 14.3. The largest absolute Gasteiger partial charge is 0.491 e. The van der Waals surface area contributed by atoms with Gasteiger partial charge in [0.25, 0.3) is 0 Å². The van der Waals surface area contributed by atoms with Gasteiger partial charge in [0.15, 0.2) is 5.82 Å². The van der Waals surface area contributed by atoms with E-state index < -0.39 is 0 Å². The lowest BCUT2D eigenvalue weighted by Gasteiger charge is -2.19. The molecule has 1 aliphatic heterocycles. The van der Waals surface area contributed by atoms with Gasteiger partial charge in [-0.1, -0.05) is 0 Å². The van der Waals surface area contributed by atoms with Gasteiger partial charge in [-0.05, 0) is 37.1 Å². The van der Waals surface area contributed by atoms with Crippen LogP contribution in [0.15, 0.2) is 36.7 Å². The molecule has 0 bridgehead atoms. The first-order valence-corrected chi connectivity index (χ1v) is 7.66. The van der Waals surface area contributed by atoms with Gasteiger partial charge in [0.05, 0.1) is 6.61 Å². The van der Waals surface area contributed by atoms with E-state index in [2.05, 4.69) is 14.9 Å². The van der Waals surface area contributed by atoms with E-state index in [1.165, 1.54) is 12.8 Å². The summed E-state index contributed by atoms with van der Waals surface area (Å²) < 4.78 is 10.6. The van der Waals surface area contributed by atoms with Gasteiger partial charge in [-0.2, -0.15) is 0 Å². The Hall–Kier alpha value is -2.14. The lowest BCUT2D eigenvalue weighted by molar-refractivity contribution is 0.146. The monoisotopic (exact) mass is 299 g/mol. The molecule has 0 unspecified atom stereocenters. The Balaban J connectivity index is 1.79. The van der Waals surface area contributed by atoms with E-state index in [9.17, 15) is 0 Å². The van der Waals surface area contributed by atoms with Crippen molar-refractivity contribution < 1.29 is 9.47 Å². The van der Waals surface area contributed by atoms with Gasteiger partial charge in [0, 0.05) is 38.2 Å². The number of hydrogen-bond donors (Lipinski definition) is 0. The number of ether oxygens (including phenoxy) is 2. The summed E-state index contributed by atoms with van der Waals surface area (Å²) in [4.78, 5) is 11.4. The van der Waals surface area contributed by atoms with Gasteiger partial charge in [0.1, 0.15) is 18.1 Å². The summed E-state index contributed by atoms with van der Waals surface area (Å²) in [5, 5.41) is 0. The Morgan fingerprint density at radius 2 is 1.73 bits per heavy atom. The highest BCUT2D eigenvalue weighted by molar-refractivity contribution is 5.72. The van der Waals surface area contributed by atoms with Crippen molar-refractivity contribution >= 4 is 5.82 Å². The Bertz CT molecular complexity index is 595. The molecule has 0 radical (unpaired) electrons. The lowest BCUT2D eigenvalue weighted by atomic mass is 10.1. The maximum atomic E-state index is 5.60. The molecule has 116 valence electrons. The summed E-state index contributed by atoms with van der Waals surface area (Å²) >= 11 is 0. The van der Waals surface area contributed by atoms with E-state index in [0.29, 0.717) is 13.2 Å². The van der Waals surface area contributed by atoms with Gasteiger partial charge in [-0.15, -0.1) is 0 Å². The molecule has 1 aliphatic rings. The molecule has 0 N–H and O–H groups in total. The molecule has 0 atom stereocenters. The van der Waals surface area contributed by atoms with Gasteiger partial charge >= 0.3 is 0 Å². The summed E-state index contributed by atoms with van der Waals surface area (Å²) in [6.45, 7) is 3.26. The summed E-state index contributed by atoms with van der Waals surface area (Å²) in [5.74, 6) is 1.82. The zero-order chi connectivity index (χ0) is 15.2. The first-order chi connectivity index (χ1) is 10.9. The quantitative estimate of drug-likeness (QED) is 0.768. The fourth-order valence-electron chi connectivity index (χ4n) is 2.65. The summed E-state index contributed by atoms with van der Waals surface area (Å²) in [6, 6.07) is 8.00. The SMILES string of the molecule is COCCOc1ccc(-c2nccnc2N2CCCC2)cc1. The fourth-order valence-corrected chi connectivity index (χ4v) is 2.65. The van der Waals surface area contributed by atoms with Gasteiger partial charge in [-0.25, -0.2) is 4.98 Å². The molecule has 1 saturated heterocycles. The number of methoxy groups -OCH3 is 1. The van der Waals surface area contributed by atoms with Crippen molar-refractivity contribution in [2.75, 3.05) is 38.3 Å². The highest BCUT2D eigenvalue weighted by Crippen LogP contribution is 2.29. The zero-order valence-corrected chi connectivity index (χ0v) is 12.9. The predicted molar refractivity (Wildman–Crippen MR) is 86.3 cm³/mol. The fraction of sp³-hybridized carbons (Fsp3) is 0.412. The van der Waals surface area contributed by atoms with Crippen molar-refractivity contribution in [3.05, 3.63) is 36.7 Å². The van der Waals surface area contributed by atoms with E-state index in [-0.39, 0.29) is 0 Å². The van der Waals surface area contributed by atoms with Crippen molar-refractivity contribution in [1.82, 2.24) is 9.97 Å². The van der Waals surface area contributed by atoms with Gasteiger partial charge in [-0.3, -0.25) is 4.98 Å².